The van der Waals surface area contributed by atoms with Gasteiger partial charge in [-0.05, 0) is 32.0 Å². The van der Waals surface area contributed by atoms with Crippen molar-refractivity contribution in [1.29, 1.82) is 0 Å². The quantitative estimate of drug-likeness (QED) is 0.466. The lowest BCUT2D eigenvalue weighted by Gasteiger charge is -2.17. The van der Waals surface area contributed by atoms with Gasteiger partial charge in [-0.2, -0.15) is 13.2 Å². The number of halogens is 3. The lowest BCUT2D eigenvalue weighted by Crippen LogP contribution is -2.30. The van der Waals surface area contributed by atoms with Gasteiger partial charge in [0.05, 0.1) is 21.7 Å². The molecule has 0 saturated heterocycles. The lowest BCUT2D eigenvalue weighted by atomic mass is 10.1. The molecule has 2 rings (SSSR count). The Morgan fingerprint density at radius 1 is 1.18 bits per heavy atom. The van der Waals surface area contributed by atoms with Gasteiger partial charge in [0.1, 0.15) is 0 Å². The third-order valence-corrected chi connectivity index (χ3v) is 3.68. The highest BCUT2D eigenvalue weighted by Gasteiger charge is 2.36. The molecule has 0 spiro atoms. The number of hydrogen-bond donors (Lipinski definition) is 1. The van der Waals surface area contributed by atoms with Gasteiger partial charge in [0.25, 0.3) is 11.6 Å². The molecule has 1 amide bonds. The molecule has 2 aromatic rings. The number of alkyl halides is 3. The zero-order valence-corrected chi connectivity index (χ0v) is 14.7. The number of benzene rings is 2. The second-order valence-electron chi connectivity index (χ2n) is 5.89. The number of nitrogens with one attached hydrogen (secondary N) is 1. The molecule has 0 unspecified atom stereocenters. The maximum Gasteiger partial charge on any atom is 0.418 e. The zero-order chi connectivity index (χ0) is 21.1. The molecule has 28 heavy (non-hydrogen) atoms. The van der Waals surface area contributed by atoms with Crippen LogP contribution in [0.15, 0.2) is 42.5 Å². The molecule has 0 fully saturated rings. The molecule has 0 aliphatic rings. The smallest absolute Gasteiger partial charge is 0.418 e. The van der Waals surface area contributed by atoms with Gasteiger partial charge in [0, 0.05) is 12.1 Å². The van der Waals surface area contributed by atoms with Crippen molar-refractivity contribution in [2.75, 3.05) is 5.32 Å². The number of carbonyl (C=O) groups excluding carboxylic acids is 2. The van der Waals surface area contributed by atoms with E-state index in [2.05, 4.69) is 0 Å². The lowest BCUT2D eigenvalue weighted by molar-refractivity contribution is -0.385. The van der Waals surface area contributed by atoms with Gasteiger partial charge in [0.15, 0.2) is 6.10 Å². The fourth-order valence-corrected chi connectivity index (χ4v) is 2.28. The Balaban J connectivity index is 2.17. The Morgan fingerprint density at radius 3 is 2.43 bits per heavy atom. The van der Waals surface area contributed by atoms with Crippen LogP contribution in [0, 0.1) is 17.0 Å². The van der Waals surface area contributed by atoms with E-state index in [1.165, 1.54) is 19.1 Å². The number of nitro groups is 1. The maximum absolute atomic E-state index is 13.2. The molecule has 10 heteroatoms. The van der Waals surface area contributed by atoms with Crippen LogP contribution < -0.4 is 5.32 Å². The van der Waals surface area contributed by atoms with Crippen LogP contribution in [0.2, 0.25) is 0 Å². The number of esters is 1. The first-order valence-electron chi connectivity index (χ1n) is 7.93. The second kappa shape index (κ2) is 8.07. The predicted octanol–water partition coefficient (Wildman–Crippen LogP) is 4.11. The molecule has 7 nitrogen and oxygen atoms in total. The summed E-state index contributed by atoms with van der Waals surface area (Å²) in [6.45, 7) is 2.95. The molecule has 1 N–H and O–H groups in total. The average molecular weight is 396 g/mol. The number of rotatable bonds is 5. The molecular formula is C18H15F3N2O5. The Labute approximate surface area is 157 Å². The molecule has 0 aliphatic carbocycles. The Kier molecular flexibility index (Phi) is 6.02. The van der Waals surface area contributed by atoms with Gasteiger partial charge in [-0.25, -0.2) is 4.79 Å². The van der Waals surface area contributed by atoms with Crippen molar-refractivity contribution in [2.45, 2.75) is 26.1 Å². The van der Waals surface area contributed by atoms with E-state index < -0.39 is 46.0 Å². The highest BCUT2D eigenvalue weighted by atomic mass is 19.4. The van der Waals surface area contributed by atoms with Crippen LogP contribution in [0.5, 0.6) is 0 Å². The summed E-state index contributed by atoms with van der Waals surface area (Å²) in [5, 5.41) is 12.7. The summed E-state index contributed by atoms with van der Waals surface area (Å²) >= 11 is 0. The van der Waals surface area contributed by atoms with Crippen molar-refractivity contribution < 1.29 is 32.4 Å². The summed E-state index contributed by atoms with van der Waals surface area (Å²) in [7, 11) is 0. The van der Waals surface area contributed by atoms with Crippen LogP contribution in [0.4, 0.5) is 24.5 Å². The number of non-ortho nitro benzene ring substituents is 1. The van der Waals surface area contributed by atoms with E-state index >= 15 is 0 Å². The van der Waals surface area contributed by atoms with E-state index in [9.17, 15) is 32.9 Å². The van der Waals surface area contributed by atoms with Gasteiger partial charge in [-0.15, -0.1) is 0 Å². The van der Waals surface area contributed by atoms with Crippen LogP contribution in [-0.4, -0.2) is 22.9 Å². The molecule has 0 radical (unpaired) electrons. The van der Waals surface area contributed by atoms with Gasteiger partial charge < -0.3 is 10.1 Å². The monoisotopic (exact) mass is 396 g/mol. The molecule has 1 atom stereocenters. The van der Waals surface area contributed by atoms with Gasteiger partial charge >= 0.3 is 12.1 Å². The number of nitrogens with zero attached hydrogens (tertiary/aromatic N) is 1. The third-order valence-electron chi connectivity index (χ3n) is 3.68. The van der Waals surface area contributed by atoms with E-state index in [0.29, 0.717) is 6.07 Å². The van der Waals surface area contributed by atoms with Crippen molar-refractivity contribution in [3.05, 3.63) is 69.3 Å². The molecular weight excluding hydrogens is 381 g/mol. The summed E-state index contributed by atoms with van der Waals surface area (Å²) < 4.78 is 44.4. The van der Waals surface area contributed by atoms with Crippen molar-refractivity contribution >= 4 is 23.3 Å². The molecule has 0 saturated carbocycles. The maximum atomic E-state index is 13.2. The van der Waals surface area contributed by atoms with Crippen LogP contribution in [0.3, 0.4) is 0 Å². The number of carbonyl (C=O) groups is 2. The number of amides is 1. The molecule has 0 bridgehead atoms. The summed E-state index contributed by atoms with van der Waals surface area (Å²) in [6, 6.07) is 8.29. The number of nitro benzene ring substituents is 1. The largest absolute Gasteiger partial charge is 0.449 e. The summed E-state index contributed by atoms with van der Waals surface area (Å²) in [5.41, 5.74) is -1.86. The van der Waals surface area contributed by atoms with Crippen LogP contribution in [0.1, 0.15) is 28.4 Å². The van der Waals surface area contributed by atoms with E-state index in [4.69, 9.17) is 4.74 Å². The SMILES string of the molecule is Cc1cccc(C(=O)O[C@@H](C)C(=O)Nc2ccc([N+](=O)[O-])cc2C(F)(F)F)c1. The fraction of sp³-hybridized carbons (Fsp3) is 0.222. The van der Waals surface area contributed by atoms with E-state index in [1.807, 2.05) is 5.32 Å². The Bertz CT molecular complexity index is 928. The number of anilines is 1. The minimum absolute atomic E-state index is 0.186. The molecule has 0 aliphatic heterocycles. The third kappa shape index (κ3) is 5.06. The molecule has 0 aromatic heterocycles. The number of ether oxygens (including phenoxy) is 1. The standard InChI is InChI=1S/C18H15F3N2O5/c1-10-4-3-5-12(8-10)17(25)28-11(2)16(24)22-15-7-6-13(23(26)27)9-14(15)18(19,20)21/h3-9,11H,1-2H3,(H,22,24)/t11-/m0/s1. The first-order chi connectivity index (χ1) is 13.0. The highest BCUT2D eigenvalue weighted by molar-refractivity contribution is 5.98. The molecule has 148 valence electrons. The van der Waals surface area contributed by atoms with Gasteiger partial charge in [0.2, 0.25) is 0 Å². The van der Waals surface area contributed by atoms with Crippen molar-refractivity contribution in [3.63, 3.8) is 0 Å². The highest BCUT2D eigenvalue weighted by Crippen LogP contribution is 2.37. The Morgan fingerprint density at radius 2 is 1.86 bits per heavy atom. The minimum Gasteiger partial charge on any atom is -0.449 e. The van der Waals surface area contributed by atoms with Crippen molar-refractivity contribution in [2.24, 2.45) is 0 Å². The minimum atomic E-state index is -4.93. The summed E-state index contributed by atoms with van der Waals surface area (Å²) in [5.74, 6) is -1.83. The predicted molar refractivity (Wildman–Crippen MR) is 92.8 cm³/mol. The second-order valence-corrected chi connectivity index (χ2v) is 5.89. The topological polar surface area (TPSA) is 98.5 Å². The van der Waals surface area contributed by atoms with Crippen LogP contribution in [0.25, 0.3) is 0 Å². The number of hydrogen-bond acceptors (Lipinski definition) is 5. The van der Waals surface area contributed by atoms with E-state index in [1.54, 1.807) is 19.1 Å². The van der Waals surface area contributed by atoms with Crippen LogP contribution in [-0.2, 0) is 15.7 Å². The van der Waals surface area contributed by atoms with Gasteiger partial charge in [-0.3, -0.25) is 14.9 Å². The fourth-order valence-electron chi connectivity index (χ4n) is 2.28. The van der Waals surface area contributed by atoms with E-state index in [0.717, 1.165) is 17.7 Å². The van der Waals surface area contributed by atoms with Crippen molar-refractivity contribution in [1.82, 2.24) is 0 Å². The average Bonchev–Trinajstić information content (AvgIpc) is 2.60. The summed E-state index contributed by atoms with van der Waals surface area (Å²) in [6.07, 6.45) is -6.33. The Hall–Kier alpha value is -3.43. The molecule has 2 aromatic carbocycles. The van der Waals surface area contributed by atoms with Crippen LogP contribution >= 0.6 is 0 Å². The first kappa shape index (κ1) is 20.9. The van der Waals surface area contributed by atoms with Gasteiger partial charge in [-0.1, -0.05) is 17.7 Å². The molecule has 0 heterocycles. The number of aryl methyl sites for hydroxylation is 1. The normalized spacial score (nSPS) is 12.2. The zero-order valence-electron chi connectivity index (χ0n) is 14.7. The van der Waals surface area contributed by atoms with E-state index in [-0.39, 0.29) is 5.56 Å². The summed E-state index contributed by atoms with van der Waals surface area (Å²) in [4.78, 5) is 33.9. The van der Waals surface area contributed by atoms with Crippen molar-refractivity contribution in [3.8, 4) is 0 Å². The first-order valence-corrected chi connectivity index (χ1v) is 7.93.